The van der Waals surface area contributed by atoms with Gasteiger partial charge in [0.25, 0.3) is 0 Å². The van der Waals surface area contributed by atoms with Crippen molar-refractivity contribution in [2.75, 3.05) is 23.8 Å². The first-order chi connectivity index (χ1) is 13.4. The van der Waals surface area contributed by atoms with Gasteiger partial charge in [0.2, 0.25) is 5.95 Å². The summed E-state index contributed by atoms with van der Waals surface area (Å²) in [6, 6.07) is 12.5. The van der Waals surface area contributed by atoms with Crippen LogP contribution in [0.2, 0.25) is 0 Å². The van der Waals surface area contributed by atoms with Crippen molar-refractivity contribution in [1.82, 2.24) is 15.0 Å². The lowest BCUT2D eigenvalue weighted by atomic mass is 9.98. The van der Waals surface area contributed by atoms with Gasteiger partial charge in [0, 0.05) is 43.4 Å². The Morgan fingerprint density at radius 2 is 1.79 bits per heavy atom. The third-order valence-electron chi connectivity index (χ3n) is 4.88. The standard InChI is InChI=1S/C23H29N5/c1-16(2)20-8-6-7-17(3)22(20)27-23-25-18(4)15-21(26-23)28(5)14-11-19-9-12-24-13-10-19/h6-10,12-13,15-16H,11,14H2,1-5H3,(H,25,26,27). The average Bonchev–Trinajstić information content (AvgIpc) is 2.68. The third kappa shape index (κ3) is 4.85. The van der Waals surface area contributed by atoms with E-state index in [1.807, 2.05) is 25.4 Å². The number of para-hydroxylation sites is 1. The summed E-state index contributed by atoms with van der Waals surface area (Å²) in [6.07, 6.45) is 4.61. The molecule has 5 nitrogen and oxygen atoms in total. The summed E-state index contributed by atoms with van der Waals surface area (Å²) in [6.45, 7) is 9.41. The number of aromatic nitrogens is 3. The van der Waals surface area contributed by atoms with E-state index in [4.69, 9.17) is 4.98 Å². The van der Waals surface area contributed by atoms with E-state index in [-0.39, 0.29) is 0 Å². The zero-order valence-electron chi connectivity index (χ0n) is 17.4. The number of benzene rings is 1. The molecule has 0 radical (unpaired) electrons. The number of anilines is 3. The lowest BCUT2D eigenvalue weighted by molar-refractivity contribution is 0.851. The second kappa shape index (κ2) is 8.83. The fraction of sp³-hybridized carbons (Fsp3) is 0.348. The van der Waals surface area contributed by atoms with Gasteiger partial charge in [0.05, 0.1) is 0 Å². The molecule has 3 aromatic rings. The van der Waals surface area contributed by atoms with Gasteiger partial charge in [0.15, 0.2) is 0 Å². The zero-order valence-corrected chi connectivity index (χ0v) is 17.4. The molecule has 3 rings (SSSR count). The smallest absolute Gasteiger partial charge is 0.229 e. The summed E-state index contributed by atoms with van der Waals surface area (Å²) >= 11 is 0. The fourth-order valence-electron chi connectivity index (χ4n) is 3.22. The quantitative estimate of drug-likeness (QED) is 0.627. The third-order valence-corrected chi connectivity index (χ3v) is 4.88. The Hall–Kier alpha value is -2.95. The van der Waals surface area contributed by atoms with Gasteiger partial charge in [-0.25, -0.2) is 4.98 Å². The van der Waals surface area contributed by atoms with Gasteiger partial charge in [-0.05, 0) is 55.0 Å². The van der Waals surface area contributed by atoms with E-state index in [2.05, 4.69) is 78.3 Å². The average molecular weight is 376 g/mol. The molecule has 1 N–H and O–H groups in total. The molecule has 1 aromatic carbocycles. The number of nitrogens with one attached hydrogen (secondary N) is 1. The summed E-state index contributed by atoms with van der Waals surface area (Å²) in [5.74, 6) is 1.99. The molecule has 2 heterocycles. The Morgan fingerprint density at radius 1 is 1.04 bits per heavy atom. The molecule has 5 heteroatoms. The van der Waals surface area contributed by atoms with E-state index in [9.17, 15) is 0 Å². The van der Waals surface area contributed by atoms with Crippen LogP contribution in [0.5, 0.6) is 0 Å². The first-order valence-corrected chi connectivity index (χ1v) is 9.76. The molecule has 0 saturated carbocycles. The lowest BCUT2D eigenvalue weighted by Crippen LogP contribution is -2.22. The minimum Gasteiger partial charge on any atom is -0.359 e. The molecule has 0 aliphatic rings. The van der Waals surface area contributed by atoms with E-state index < -0.39 is 0 Å². The maximum atomic E-state index is 4.77. The van der Waals surface area contributed by atoms with Crippen LogP contribution in [0.15, 0.2) is 48.8 Å². The fourth-order valence-corrected chi connectivity index (χ4v) is 3.22. The van der Waals surface area contributed by atoms with Crippen molar-refractivity contribution in [3.63, 3.8) is 0 Å². The van der Waals surface area contributed by atoms with Crippen LogP contribution >= 0.6 is 0 Å². The van der Waals surface area contributed by atoms with Gasteiger partial charge >= 0.3 is 0 Å². The zero-order chi connectivity index (χ0) is 20.1. The second-order valence-electron chi connectivity index (χ2n) is 7.54. The number of hydrogen-bond donors (Lipinski definition) is 1. The Balaban J connectivity index is 1.80. The van der Waals surface area contributed by atoms with Gasteiger partial charge in [0.1, 0.15) is 5.82 Å². The highest BCUT2D eigenvalue weighted by Gasteiger charge is 2.12. The van der Waals surface area contributed by atoms with Gasteiger partial charge < -0.3 is 10.2 Å². The van der Waals surface area contributed by atoms with E-state index in [1.165, 1.54) is 16.7 Å². The van der Waals surface area contributed by atoms with Crippen LogP contribution in [0.25, 0.3) is 0 Å². The predicted octanol–water partition coefficient (Wildman–Crippen LogP) is 5.03. The van der Waals surface area contributed by atoms with Gasteiger partial charge in [-0.3, -0.25) is 4.98 Å². The van der Waals surface area contributed by atoms with Crippen LogP contribution < -0.4 is 10.2 Å². The predicted molar refractivity (Wildman–Crippen MR) is 117 cm³/mol. The summed E-state index contributed by atoms with van der Waals surface area (Å²) < 4.78 is 0. The largest absolute Gasteiger partial charge is 0.359 e. The number of hydrogen-bond acceptors (Lipinski definition) is 5. The van der Waals surface area contributed by atoms with Gasteiger partial charge in [-0.1, -0.05) is 32.0 Å². The molecular weight excluding hydrogens is 346 g/mol. The van der Waals surface area contributed by atoms with Crippen LogP contribution in [-0.4, -0.2) is 28.5 Å². The normalized spacial score (nSPS) is 10.9. The summed E-state index contributed by atoms with van der Waals surface area (Å²) in [7, 11) is 2.07. The number of rotatable bonds is 7. The van der Waals surface area contributed by atoms with Crippen LogP contribution in [0, 0.1) is 13.8 Å². The van der Waals surface area contributed by atoms with Crippen molar-refractivity contribution in [1.29, 1.82) is 0 Å². The highest BCUT2D eigenvalue weighted by molar-refractivity contribution is 5.65. The Bertz CT molecular complexity index is 922. The summed E-state index contributed by atoms with van der Waals surface area (Å²) in [4.78, 5) is 15.6. The van der Waals surface area contributed by atoms with Crippen molar-refractivity contribution in [3.05, 3.63) is 71.2 Å². The molecule has 0 amide bonds. The maximum Gasteiger partial charge on any atom is 0.229 e. The highest BCUT2D eigenvalue weighted by atomic mass is 15.2. The van der Waals surface area contributed by atoms with Crippen LogP contribution in [0.4, 0.5) is 17.5 Å². The second-order valence-corrected chi connectivity index (χ2v) is 7.54. The molecule has 0 unspecified atom stereocenters. The maximum absolute atomic E-state index is 4.77. The number of likely N-dealkylation sites (N-methyl/N-ethyl adjacent to an activating group) is 1. The van der Waals surface area contributed by atoms with E-state index in [1.54, 1.807) is 0 Å². The van der Waals surface area contributed by atoms with E-state index in [0.29, 0.717) is 11.9 Å². The molecule has 0 bridgehead atoms. The molecule has 146 valence electrons. The van der Waals surface area contributed by atoms with Crippen LogP contribution in [-0.2, 0) is 6.42 Å². The molecule has 2 aromatic heterocycles. The summed E-state index contributed by atoms with van der Waals surface area (Å²) in [5, 5.41) is 3.47. The number of nitrogens with zero attached hydrogens (tertiary/aromatic N) is 4. The number of aryl methyl sites for hydroxylation is 2. The SMILES string of the molecule is Cc1cc(N(C)CCc2ccncc2)nc(Nc2c(C)cccc2C(C)C)n1. The van der Waals surface area contributed by atoms with Gasteiger partial charge in [-0.15, -0.1) is 0 Å². The highest BCUT2D eigenvalue weighted by Crippen LogP contribution is 2.29. The lowest BCUT2D eigenvalue weighted by Gasteiger charge is -2.21. The van der Waals surface area contributed by atoms with Crippen LogP contribution in [0.1, 0.15) is 42.1 Å². The molecule has 28 heavy (non-hydrogen) atoms. The first-order valence-electron chi connectivity index (χ1n) is 9.76. The van der Waals surface area contributed by atoms with Crippen molar-refractivity contribution < 1.29 is 0 Å². The summed E-state index contributed by atoms with van der Waals surface area (Å²) in [5.41, 5.74) is 5.80. The Labute approximate surface area is 167 Å². The first kappa shape index (κ1) is 19.8. The van der Waals surface area contributed by atoms with E-state index in [0.717, 1.165) is 30.2 Å². The molecule has 0 spiro atoms. The van der Waals surface area contributed by atoms with E-state index >= 15 is 0 Å². The van der Waals surface area contributed by atoms with Crippen molar-refractivity contribution >= 4 is 17.5 Å². The monoisotopic (exact) mass is 375 g/mol. The van der Waals surface area contributed by atoms with Crippen molar-refractivity contribution in [2.24, 2.45) is 0 Å². The number of pyridine rings is 1. The molecule has 0 aliphatic carbocycles. The molecule has 0 fully saturated rings. The molecule has 0 aliphatic heterocycles. The minimum absolute atomic E-state index is 0.426. The molecule has 0 saturated heterocycles. The Morgan fingerprint density at radius 3 is 2.50 bits per heavy atom. The minimum atomic E-state index is 0.426. The molecular formula is C23H29N5. The Kier molecular flexibility index (Phi) is 6.24. The van der Waals surface area contributed by atoms with Crippen LogP contribution in [0.3, 0.4) is 0 Å². The van der Waals surface area contributed by atoms with Crippen molar-refractivity contribution in [2.45, 2.75) is 40.0 Å². The molecule has 0 atom stereocenters. The van der Waals surface area contributed by atoms with Crippen molar-refractivity contribution in [3.8, 4) is 0 Å². The topological polar surface area (TPSA) is 53.9 Å². The van der Waals surface area contributed by atoms with Gasteiger partial charge in [-0.2, -0.15) is 4.98 Å².